The van der Waals surface area contributed by atoms with Crippen LogP contribution in [0.2, 0.25) is 0 Å². The first-order valence-electron chi connectivity index (χ1n) is 6.71. The second-order valence-corrected chi connectivity index (χ2v) is 5.42. The number of carboxylic acid groups (broad SMARTS) is 1. The number of carbonyl (C=O) groups is 2. The molecule has 1 aliphatic heterocycles. The molecule has 1 unspecified atom stereocenters. The van der Waals surface area contributed by atoms with E-state index in [4.69, 9.17) is 5.11 Å². The van der Waals surface area contributed by atoms with Crippen LogP contribution in [0.4, 0.5) is 0 Å². The molecule has 0 radical (unpaired) electrons. The Bertz CT molecular complexity index is 298. The summed E-state index contributed by atoms with van der Waals surface area (Å²) in [5.41, 5.74) is 0. The van der Waals surface area contributed by atoms with E-state index in [1.165, 1.54) is 6.42 Å². The fourth-order valence-electron chi connectivity index (χ4n) is 2.49. The standard InChI is InChI=1S/C13H24N2O3.ClH/c1-10(2)7-11-5-3-4-6-15(11)9-12(16)14-8-13(17)18;/h10-11H,3-9H2,1-2H3,(H,14,16)(H,17,18);1H. The van der Waals surface area contributed by atoms with Gasteiger partial charge in [-0.05, 0) is 31.7 Å². The van der Waals surface area contributed by atoms with Crippen molar-refractivity contribution in [3.05, 3.63) is 0 Å². The van der Waals surface area contributed by atoms with Gasteiger partial charge in [-0.1, -0.05) is 20.3 Å². The Morgan fingerprint density at radius 2 is 2.05 bits per heavy atom. The van der Waals surface area contributed by atoms with Crippen LogP contribution in [0, 0.1) is 5.92 Å². The van der Waals surface area contributed by atoms with Crippen molar-refractivity contribution >= 4 is 24.3 Å². The molecule has 19 heavy (non-hydrogen) atoms. The number of carboxylic acids is 1. The van der Waals surface area contributed by atoms with E-state index < -0.39 is 5.97 Å². The lowest BCUT2D eigenvalue weighted by Crippen LogP contribution is -2.46. The number of nitrogens with zero attached hydrogens (tertiary/aromatic N) is 1. The van der Waals surface area contributed by atoms with Crippen molar-refractivity contribution in [1.82, 2.24) is 10.2 Å². The van der Waals surface area contributed by atoms with Crippen molar-refractivity contribution in [1.29, 1.82) is 0 Å². The molecule has 1 saturated heterocycles. The molecule has 1 fully saturated rings. The van der Waals surface area contributed by atoms with E-state index in [-0.39, 0.29) is 24.9 Å². The summed E-state index contributed by atoms with van der Waals surface area (Å²) in [5.74, 6) is -0.563. The molecular formula is C13H25ClN2O3. The highest BCUT2D eigenvalue weighted by atomic mass is 35.5. The van der Waals surface area contributed by atoms with E-state index >= 15 is 0 Å². The largest absolute Gasteiger partial charge is 0.480 e. The van der Waals surface area contributed by atoms with Gasteiger partial charge in [0.15, 0.2) is 0 Å². The Balaban J connectivity index is 0.00000324. The van der Waals surface area contributed by atoms with Gasteiger partial charge in [0.25, 0.3) is 0 Å². The third-order valence-corrected chi connectivity index (χ3v) is 3.28. The van der Waals surface area contributed by atoms with Crippen molar-refractivity contribution in [3.63, 3.8) is 0 Å². The number of halogens is 1. The van der Waals surface area contributed by atoms with Crippen LogP contribution in [0.25, 0.3) is 0 Å². The maximum atomic E-state index is 11.6. The van der Waals surface area contributed by atoms with Crippen LogP contribution in [-0.4, -0.2) is 47.6 Å². The number of amides is 1. The van der Waals surface area contributed by atoms with Crippen LogP contribution in [0.1, 0.15) is 39.5 Å². The first-order chi connectivity index (χ1) is 8.49. The maximum Gasteiger partial charge on any atom is 0.322 e. The van der Waals surface area contributed by atoms with Gasteiger partial charge in [0, 0.05) is 6.04 Å². The summed E-state index contributed by atoms with van der Waals surface area (Å²) >= 11 is 0. The molecule has 1 amide bonds. The molecule has 0 saturated carbocycles. The van der Waals surface area contributed by atoms with E-state index in [1.54, 1.807) is 0 Å². The highest BCUT2D eigenvalue weighted by molar-refractivity contribution is 5.85. The molecule has 0 aromatic heterocycles. The van der Waals surface area contributed by atoms with E-state index in [0.29, 0.717) is 18.5 Å². The maximum absolute atomic E-state index is 11.6. The van der Waals surface area contributed by atoms with Gasteiger partial charge in [0.2, 0.25) is 5.91 Å². The van der Waals surface area contributed by atoms with Gasteiger partial charge in [-0.15, -0.1) is 12.4 Å². The van der Waals surface area contributed by atoms with Crippen molar-refractivity contribution in [2.45, 2.75) is 45.6 Å². The van der Waals surface area contributed by atoms with E-state index in [1.807, 2.05) is 0 Å². The summed E-state index contributed by atoms with van der Waals surface area (Å²) in [6, 6.07) is 0.467. The highest BCUT2D eigenvalue weighted by Crippen LogP contribution is 2.22. The zero-order valence-corrected chi connectivity index (χ0v) is 12.5. The molecule has 0 spiro atoms. The second-order valence-electron chi connectivity index (χ2n) is 5.42. The topological polar surface area (TPSA) is 69.6 Å². The first-order valence-corrected chi connectivity index (χ1v) is 6.71. The molecule has 2 N–H and O–H groups in total. The number of likely N-dealkylation sites (tertiary alicyclic amines) is 1. The van der Waals surface area contributed by atoms with Gasteiger partial charge < -0.3 is 10.4 Å². The van der Waals surface area contributed by atoms with E-state index in [2.05, 4.69) is 24.1 Å². The van der Waals surface area contributed by atoms with Crippen molar-refractivity contribution < 1.29 is 14.7 Å². The number of aliphatic carboxylic acids is 1. The molecule has 1 heterocycles. The third-order valence-electron chi connectivity index (χ3n) is 3.28. The minimum Gasteiger partial charge on any atom is -0.480 e. The Labute approximate surface area is 121 Å². The lowest BCUT2D eigenvalue weighted by Gasteiger charge is -2.36. The monoisotopic (exact) mass is 292 g/mol. The average molecular weight is 293 g/mol. The van der Waals surface area contributed by atoms with Crippen LogP contribution in [-0.2, 0) is 9.59 Å². The molecule has 0 aromatic carbocycles. The predicted octanol–water partition coefficient (Wildman–Crippen LogP) is 1.51. The molecule has 5 nitrogen and oxygen atoms in total. The van der Waals surface area contributed by atoms with Crippen LogP contribution < -0.4 is 5.32 Å². The normalized spacial score (nSPS) is 19.8. The lowest BCUT2D eigenvalue weighted by molar-refractivity contribution is -0.138. The Kier molecular flexibility index (Phi) is 8.76. The fraction of sp³-hybridized carbons (Fsp3) is 0.846. The SMILES string of the molecule is CC(C)CC1CCCCN1CC(=O)NCC(=O)O.Cl. The average Bonchev–Trinajstić information content (AvgIpc) is 2.28. The van der Waals surface area contributed by atoms with Gasteiger partial charge in [0.05, 0.1) is 6.54 Å². The zero-order chi connectivity index (χ0) is 13.5. The number of rotatable bonds is 6. The first kappa shape index (κ1) is 18.2. The van der Waals surface area contributed by atoms with Gasteiger partial charge in [0.1, 0.15) is 6.54 Å². The molecule has 112 valence electrons. The molecule has 1 atom stereocenters. The summed E-state index contributed by atoms with van der Waals surface area (Å²) < 4.78 is 0. The van der Waals surface area contributed by atoms with Crippen LogP contribution >= 0.6 is 12.4 Å². The number of carbonyl (C=O) groups excluding carboxylic acids is 1. The Hall–Kier alpha value is -0.810. The molecule has 0 bridgehead atoms. The summed E-state index contributed by atoms with van der Waals surface area (Å²) in [6.07, 6.45) is 4.60. The van der Waals surface area contributed by atoms with Crippen molar-refractivity contribution in [3.8, 4) is 0 Å². The quantitative estimate of drug-likeness (QED) is 0.778. The molecule has 6 heteroatoms. The summed E-state index contributed by atoms with van der Waals surface area (Å²) in [6.45, 7) is 5.36. The summed E-state index contributed by atoms with van der Waals surface area (Å²) in [4.78, 5) is 24.2. The van der Waals surface area contributed by atoms with Gasteiger partial charge in [-0.3, -0.25) is 14.5 Å². The molecule has 1 rings (SSSR count). The molecule has 1 aliphatic rings. The predicted molar refractivity (Wildman–Crippen MR) is 76.6 cm³/mol. The van der Waals surface area contributed by atoms with Gasteiger partial charge in [-0.25, -0.2) is 0 Å². The van der Waals surface area contributed by atoms with Crippen LogP contribution in [0.5, 0.6) is 0 Å². The third kappa shape index (κ3) is 7.38. The fourth-order valence-corrected chi connectivity index (χ4v) is 2.49. The number of nitrogens with one attached hydrogen (secondary N) is 1. The lowest BCUT2D eigenvalue weighted by atomic mass is 9.94. The highest BCUT2D eigenvalue weighted by Gasteiger charge is 2.24. The van der Waals surface area contributed by atoms with Crippen molar-refractivity contribution in [2.75, 3.05) is 19.6 Å². The van der Waals surface area contributed by atoms with Crippen LogP contribution in [0.15, 0.2) is 0 Å². The smallest absolute Gasteiger partial charge is 0.322 e. The number of hydrogen-bond donors (Lipinski definition) is 2. The van der Waals surface area contributed by atoms with E-state index in [9.17, 15) is 9.59 Å². The van der Waals surface area contributed by atoms with Crippen molar-refractivity contribution in [2.24, 2.45) is 5.92 Å². The summed E-state index contributed by atoms with van der Waals surface area (Å²) in [7, 11) is 0. The second kappa shape index (κ2) is 9.15. The molecular weight excluding hydrogens is 268 g/mol. The van der Waals surface area contributed by atoms with Crippen LogP contribution in [0.3, 0.4) is 0 Å². The number of piperidine rings is 1. The van der Waals surface area contributed by atoms with Gasteiger partial charge >= 0.3 is 5.97 Å². The minimum absolute atomic E-state index is 0. The zero-order valence-electron chi connectivity index (χ0n) is 11.7. The van der Waals surface area contributed by atoms with E-state index in [0.717, 1.165) is 25.8 Å². The molecule has 0 aromatic rings. The van der Waals surface area contributed by atoms with Gasteiger partial charge in [-0.2, -0.15) is 0 Å². The summed E-state index contributed by atoms with van der Waals surface area (Å²) in [5, 5.41) is 10.9. The Morgan fingerprint density at radius 1 is 1.37 bits per heavy atom. The number of hydrogen-bond acceptors (Lipinski definition) is 3. The molecule has 0 aliphatic carbocycles. The minimum atomic E-state index is -0.999. The Morgan fingerprint density at radius 3 is 2.63 bits per heavy atom.